The highest BCUT2D eigenvalue weighted by Crippen LogP contribution is 2.19. The molecule has 100 valence electrons. The van der Waals surface area contributed by atoms with Gasteiger partial charge in [-0.05, 0) is 17.7 Å². The Morgan fingerprint density at radius 1 is 1.26 bits per heavy atom. The monoisotopic (exact) mass is 258 g/mol. The Labute approximate surface area is 112 Å². The normalized spacial score (nSPS) is 11.6. The average molecular weight is 258 g/mol. The Hall–Kier alpha value is -2.04. The standard InChI is InChI=1S/C14H18N4O/c1-10-7-5-6-8-11(10)13-15-17-18(16-13)9-12(19)14(2,3)4/h5-8H,9H2,1-4H3. The fourth-order valence-corrected chi connectivity index (χ4v) is 1.61. The lowest BCUT2D eigenvalue weighted by Crippen LogP contribution is -2.26. The maximum Gasteiger partial charge on any atom is 0.205 e. The van der Waals surface area contributed by atoms with Gasteiger partial charge in [0.05, 0.1) is 0 Å². The Bertz CT molecular complexity index is 595. The van der Waals surface area contributed by atoms with Gasteiger partial charge in [-0.15, -0.1) is 10.2 Å². The van der Waals surface area contributed by atoms with E-state index in [0.29, 0.717) is 5.82 Å². The number of aryl methyl sites for hydroxylation is 1. The van der Waals surface area contributed by atoms with Gasteiger partial charge in [0.25, 0.3) is 0 Å². The third kappa shape index (κ3) is 3.05. The quantitative estimate of drug-likeness (QED) is 0.847. The van der Waals surface area contributed by atoms with Gasteiger partial charge in [0.2, 0.25) is 5.82 Å². The molecule has 0 aliphatic rings. The minimum absolute atomic E-state index is 0.0845. The summed E-state index contributed by atoms with van der Waals surface area (Å²) in [4.78, 5) is 13.3. The van der Waals surface area contributed by atoms with Crippen molar-refractivity contribution >= 4 is 5.78 Å². The molecule has 0 spiro atoms. The van der Waals surface area contributed by atoms with Gasteiger partial charge in [0, 0.05) is 11.0 Å². The van der Waals surface area contributed by atoms with Crippen LogP contribution in [0, 0.1) is 12.3 Å². The molecule has 0 radical (unpaired) electrons. The van der Waals surface area contributed by atoms with Crippen molar-refractivity contribution in [1.29, 1.82) is 0 Å². The topological polar surface area (TPSA) is 60.7 Å². The van der Waals surface area contributed by atoms with Crippen LogP contribution in [0.2, 0.25) is 0 Å². The summed E-state index contributed by atoms with van der Waals surface area (Å²) >= 11 is 0. The lowest BCUT2D eigenvalue weighted by molar-refractivity contribution is -0.127. The van der Waals surface area contributed by atoms with Crippen LogP contribution < -0.4 is 0 Å². The van der Waals surface area contributed by atoms with Gasteiger partial charge in [-0.3, -0.25) is 4.79 Å². The van der Waals surface area contributed by atoms with Gasteiger partial charge in [-0.1, -0.05) is 45.0 Å². The number of aromatic nitrogens is 4. The van der Waals surface area contributed by atoms with Crippen LogP contribution in [-0.2, 0) is 11.3 Å². The molecule has 5 nitrogen and oxygen atoms in total. The van der Waals surface area contributed by atoms with Crippen LogP contribution in [0.5, 0.6) is 0 Å². The number of ketones is 1. The molecule has 0 N–H and O–H groups in total. The van der Waals surface area contributed by atoms with Gasteiger partial charge < -0.3 is 0 Å². The summed E-state index contributed by atoms with van der Waals surface area (Å²) in [6.07, 6.45) is 0. The number of rotatable bonds is 3. The predicted octanol–water partition coefficient (Wildman–Crippen LogP) is 2.26. The number of benzene rings is 1. The van der Waals surface area contributed by atoms with Crippen molar-refractivity contribution in [2.24, 2.45) is 5.41 Å². The van der Waals surface area contributed by atoms with Crippen LogP contribution in [0.4, 0.5) is 0 Å². The minimum atomic E-state index is -0.392. The van der Waals surface area contributed by atoms with E-state index < -0.39 is 5.41 Å². The maximum atomic E-state index is 11.9. The van der Waals surface area contributed by atoms with E-state index in [0.717, 1.165) is 11.1 Å². The lowest BCUT2D eigenvalue weighted by Gasteiger charge is -2.15. The highest BCUT2D eigenvalue weighted by molar-refractivity contribution is 5.83. The van der Waals surface area contributed by atoms with Gasteiger partial charge >= 0.3 is 0 Å². The Morgan fingerprint density at radius 2 is 1.95 bits per heavy atom. The molecule has 0 amide bonds. The molecule has 1 aromatic heterocycles. The first-order valence-electron chi connectivity index (χ1n) is 6.25. The molecular weight excluding hydrogens is 240 g/mol. The number of Topliss-reactive ketones (excluding diaryl/α,β-unsaturated/α-hetero) is 1. The molecule has 5 heteroatoms. The molecular formula is C14H18N4O. The predicted molar refractivity (Wildman–Crippen MR) is 72.5 cm³/mol. The fourth-order valence-electron chi connectivity index (χ4n) is 1.61. The van der Waals surface area contributed by atoms with Crippen LogP contribution in [0.15, 0.2) is 24.3 Å². The highest BCUT2D eigenvalue weighted by Gasteiger charge is 2.22. The molecule has 0 aliphatic carbocycles. The van der Waals surface area contributed by atoms with Crippen LogP contribution in [-0.4, -0.2) is 26.0 Å². The zero-order chi connectivity index (χ0) is 14.0. The second-order valence-corrected chi connectivity index (χ2v) is 5.63. The van der Waals surface area contributed by atoms with E-state index in [1.54, 1.807) is 0 Å². The largest absolute Gasteiger partial charge is 0.297 e. The molecule has 0 aliphatic heterocycles. The summed E-state index contributed by atoms with van der Waals surface area (Å²) in [6.45, 7) is 7.80. The van der Waals surface area contributed by atoms with E-state index in [-0.39, 0.29) is 12.3 Å². The first-order valence-corrected chi connectivity index (χ1v) is 6.25. The molecule has 0 atom stereocenters. The molecule has 1 aromatic carbocycles. The van der Waals surface area contributed by atoms with Gasteiger partial charge in [-0.2, -0.15) is 4.80 Å². The van der Waals surface area contributed by atoms with Crippen molar-refractivity contribution in [1.82, 2.24) is 20.2 Å². The SMILES string of the molecule is Cc1ccccc1-c1nnn(CC(=O)C(C)(C)C)n1. The van der Waals surface area contributed by atoms with Crippen LogP contribution >= 0.6 is 0 Å². The molecule has 0 fully saturated rings. The Kier molecular flexibility index (Phi) is 3.46. The van der Waals surface area contributed by atoms with Gasteiger partial charge in [0.15, 0.2) is 5.78 Å². The van der Waals surface area contributed by atoms with E-state index >= 15 is 0 Å². The zero-order valence-corrected chi connectivity index (χ0v) is 11.7. The summed E-state index contributed by atoms with van der Waals surface area (Å²) in [5.74, 6) is 0.640. The maximum absolute atomic E-state index is 11.9. The molecule has 0 saturated heterocycles. The molecule has 19 heavy (non-hydrogen) atoms. The molecule has 2 rings (SSSR count). The second-order valence-electron chi connectivity index (χ2n) is 5.63. The van der Waals surface area contributed by atoms with E-state index in [9.17, 15) is 4.79 Å². The third-order valence-electron chi connectivity index (χ3n) is 2.96. The number of nitrogens with zero attached hydrogens (tertiary/aromatic N) is 4. The molecule has 1 heterocycles. The molecule has 2 aromatic rings. The molecule has 0 saturated carbocycles. The second kappa shape index (κ2) is 4.91. The van der Waals surface area contributed by atoms with Crippen LogP contribution in [0.3, 0.4) is 0 Å². The van der Waals surface area contributed by atoms with Crippen molar-refractivity contribution in [3.8, 4) is 11.4 Å². The summed E-state index contributed by atoms with van der Waals surface area (Å²) in [5, 5.41) is 12.2. The van der Waals surface area contributed by atoms with E-state index in [4.69, 9.17) is 0 Å². The molecule has 0 bridgehead atoms. The Morgan fingerprint density at radius 3 is 2.58 bits per heavy atom. The summed E-state index contributed by atoms with van der Waals surface area (Å²) < 4.78 is 0. The summed E-state index contributed by atoms with van der Waals surface area (Å²) in [5.41, 5.74) is 1.64. The summed E-state index contributed by atoms with van der Waals surface area (Å²) in [7, 11) is 0. The van der Waals surface area contributed by atoms with Gasteiger partial charge in [-0.25, -0.2) is 0 Å². The van der Waals surface area contributed by atoms with Crippen molar-refractivity contribution < 1.29 is 4.79 Å². The van der Waals surface area contributed by atoms with E-state index in [1.165, 1.54) is 4.80 Å². The zero-order valence-electron chi connectivity index (χ0n) is 11.7. The fraction of sp³-hybridized carbons (Fsp3) is 0.429. The third-order valence-corrected chi connectivity index (χ3v) is 2.96. The van der Waals surface area contributed by atoms with Crippen molar-refractivity contribution in [2.75, 3.05) is 0 Å². The Balaban J connectivity index is 2.21. The van der Waals surface area contributed by atoms with Crippen LogP contribution in [0.1, 0.15) is 26.3 Å². The number of hydrogen-bond donors (Lipinski definition) is 0. The summed E-state index contributed by atoms with van der Waals surface area (Å²) in [6, 6.07) is 7.84. The first-order chi connectivity index (χ1) is 8.88. The minimum Gasteiger partial charge on any atom is -0.297 e. The number of carbonyl (C=O) groups excluding carboxylic acids is 1. The number of carbonyl (C=O) groups is 1. The molecule has 0 unspecified atom stereocenters. The first kappa shape index (κ1) is 13.4. The highest BCUT2D eigenvalue weighted by atomic mass is 16.1. The van der Waals surface area contributed by atoms with E-state index in [1.807, 2.05) is 52.0 Å². The smallest absolute Gasteiger partial charge is 0.205 e. The number of hydrogen-bond acceptors (Lipinski definition) is 4. The van der Waals surface area contributed by atoms with Crippen LogP contribution in [0.25, 0.3) is 11.4 Å². The van der Waals surface area contributed by atoms with Gasteiger partial charge in [0.1, 0.15) is 6.54 Å². The van der Waals surface area contributed by atoms with Crippen molar-refractivity contribution in [3.63, 3.8) is 0 Å². The lowest BCUT2D eigenvalue weighted by atomic mass is 9.91. The average Bonchev–Trinajstić information content (AvgIpc) is 2.76. The van der Waals surface area contributed by atoms with Crippen molar-refractivity contribution in [2.45, 2.75) is 34.2 Å². The number of tetrazole rings is 1. The van der Waals surface area contributed by atoms with Crippen molar-refractivity contribution in [3.05, 3.63) is 29.8 Å². The van der Waals surface area contributed by atoms with E-state index in [2.05, 4.69) is 15.4 Å².